The summed E-state index contributed by atoms with van der Waals surface area (Å²) < 4.78 is 63.2. The van der Waals surface area contributed by atoms with Crippen LogP contribution in [0, 0.1) is 0 Å². The van der Waals surface area contributed by atoms with E-state index in [1.165, 1.54) is 0 Å². The Bertz CT molecular complexity index is 773. The quantitative estimate of drug-likeness (QED) is 0.233. The summed E-state index contributed by atoms with van der Waals surface area (Å²) in [5.41, 5.74) is 0. The smallest absolute Gasteiger partial charge is 0.331 e. The second-order valence-electron chi connectivity index (χ2n) is 8.07. The van der Waals surface area contributed by atoms with Crippen molar-refractivity contribution in [1.29, 1.82) is 0 Å². The lowest BCUT2D eigenvalue weighted by atomic mass is 10.0. The topological polar surface area (TPSA) is 145 Å². The van der Waals surface area contributed by atoms with Crippen molar-refractivity contribution in [1.82, 2.24) is 9.44 Å². The maximum Gasteiger partial charge on any atom is 0.331 e. The third-order valence-corrected chi connectivity index (χ3v) is 9.55. The molecule has 2 rings (SSSR count). The first kappa shape index (κ1) is 26.7. The zero-order chi connectivity index (χ0) is 23.5. The van der Waals surface area contributed by atoms with Gasteiger partial charge in [-0.25, -0.2) is 35.9 Å². The van der Waals surface area contributed by atoms with Crippen LogP contribution in [-0.2, 0) is 39.1 Å². The zero-order valence-electron chi connectivity index (χ0n) is 18.3. The van der Waals surface area contributed by atoms with E-state index < -0.39 is 42.5 Å². The van der Waals surface area contributed by atoms with Crippen molar-refractivity contribution in [2.45, 2.75) is 74.7 Å². The monoisotopic (exact) mass is 494 g/mol. The first-order chi connectivity index (χ1) is 15.2. The van der Waals surface area contributed by atoms with Crippen LogP contribution < -0.4 is 9.44 Å². The summed E-state index contributed by atoms with van der Waals surface area (Å²) in [6, 6.07) is 0. The standard InChI is InChI=1S/C20H34N2O8S2/c23-19(29-15-13-21-31(25,26)17-7-3-1-4-8-17)11-12-20(24)30-16-14-22-32(27,28)18-9-5-2-6-10-18/h11-12,17-18,21-22H,1-10,13-16H2/b12-11+. The Kier molecular flexibility index (Phi) is 11.1. The SMILES string of the molecule is O=C(/C=C/C(=O)OCCNS(=O)(=O)C1CCCCC1)OCCNS(=O)(=O)C1CCCCC1. The highest BCUT2D eigenvalue weighted by Gasteiger charge is 2.27. The number of esters is 2. The second-order valence-corrected chi connectivity index (χ2v) is 12.2. The Morgan fingerprint density at radius 3 is 1.34 bits per heavy atom. The minimum Gasteiger partial charge on any atom is -0.461 e. The average Bonchev–Trinajstić information content (AvgIpc) is 2.79. The molecular weight excluding hydrogens is 460 g/mol. The molecule has 2 N–H and O–H groups in total. The Morgan fingerprint density at radius 2 is 1.00 bits per heavy atom. The van der Waals surface area contributed by atoms with E-state index in [0.717, 1.165) is 50.7 Å². The minimum atomic E-state index is -3.42. The van der Waals surface area contributed by atoms with Crippen LogP contribution in [0.3, 0.4) is 0 Å². The molecule has 0 atom stereocenters. The number of carbonyl (C=O) groups excluding carboxylic acids is 2. The molecule has 0 bridgehead atoms. The van der Waals surface area contributed by atoms with Gasteiger partial charge in [0.2, 0.25) is 20.0 Å². The van der Waals surface area contributed by atoms with Crippen molar-refractivity contribution in [2.75, 3.05) is 26.3 Å². The van der Waals surface area contributed by atoms with Gasteiger partial charge in [0.15, 0.2) is 0 Å². The van der Waals surface area contributed by atoms with Gasteiger partial charge in [-0.2, -0.15) is 0 Å². The van der Waals surface area contributed by atoms with Gasteiger partial charge >= 0.3 is 11.9 Å². The van der Waals surface area contributed by atoms with Crippen LogP contribution in [0.1, 0.15) is 64.2 Å². The Labute approximate surface area is 190 Å². The van der Waals surface area contributed by atoms with E-state index in [1.807, 2.05) is 0 Å². The average molecular weight is 495 g/mol. The van der Waals surface area contributed by atoms with Crippen LogP contribution in [0.25, 0.3) is 0 Å². The number of hydrogen-bond acceptors (Lipinski definition) is 8. The van der Waals surface area contributed by atoms with Crippen LogP contribution in [0.2, 0.25) is 0 Å². The molecule has 184 valence electrons. The molecule has 0 heterocycles. The zero-order valence-corrected chi connectivity index (χ0v) is 19.9. The van der Waals surface area contributed by atoms with Crippen molar-refractivity contribution >= 4 is 32.0 Å². The maximum atomic E-state index is 12.2. The van der Waals surface area contributed by atoms with Gasteiger partial charge in [0, 0.05) is 25.2 Å². The van der Waals surface area contributed by atoms with Gasteiger partial charge < -0.3 is 9.47 Å². The fraction of sp³-hybridized carbons (Fsp3) is 0.800. The van der Waals surface area contributed by atoms with Crippen molar-refractivity contribution in [3.63, 3.8) is 0 Å². The molecule has 10 nitrogen and oxygen atoms in total. The van der Waals surface area contributed by atoms with E-state index in [1.54, 1.807) is 0 Å². The van der Waals surface area contributed by atoms with E-state index in [-0.39, 0.29) is 26.3 Å². The highest BCUT2D eigenvalue weighted by molar-refractivity contribution is 7.90. The predicted octanol–water partition coefficient (Wildman–Crippen LogP) is 1.13. The summed E-state index contributed by atoms with van der Waals surface area (Å²) in [4.78, 5) is 23.2. The van der Waals surface area contributed by atoms with E-state index in [4.69, 9.17) is 9.47 Å². The van der Waals surface area contributed by atoms with Crippen molar-refractivity contribution in [3.8, 4) is 0 Å². The summed E-state index contributed by atoms with van der Waals surface area (Å²) in [5.74, 6) is -1.62. The third-order valence-electron chi connectivity index (χ3n) is 5.64. The van der Waals surface area contributed by atoms with Crippen LogP contribution in [0.5, 0.6) is 0 Å². The van der Waals surface area contributed by atoms with Crippen LogP contribution in [0.4, 0.5) is 0 Å². The lowest BCUT2D eigenvalue weighted by molar-refractivity contribution is -0.140. The molecule has 2 fully saturated rings. The molecule has 0 aromatic heterocycles. The molecule has 2 aliphatic rings. The van der Waals surface area contributed by atoms with Crippen molar-refractivity contribution in [2.24, 2.45) is 0 Å². The molecule has 12 heteroatoms. The number of nitrogens with one attached hydrogen (secondary N) is 2. The number of sulfonamides is 2. The summed E-state index contributed by atoms with van der Waals surface area (Å²) in [6.07, 6.45) is 10.0. The molecule has 32 heavy (non-hydrogen) atoms. The summed E-state index contributed by atoms with van der Waals surface area (Å²) in [6.45, 7) is -0.395. The Hall–Kier alpha value is -1.50. The molecular formula is C20H34N2O8S2. The van der Waals surface area contributed by atoms with E-state index in [0.29, 0.717) is 25.7 Å². The normalized spacial score (nSPS) is 19.1. The molecule has 0 amide bonds. The van der Waals surface area contributed by atoms with Crippen LogP contribution >= 0.6 is 0 Å². The molecule has 2 saturated carbocycles. The highest BCUT2D eigenvalue weighted by atomic mass is 32.2. The first-order valence-corrected chi connectivity index (χ1v) is 14.3. The van der Waals surface area contributed by atoms with Crippen molar-refractivity contribution < 1.29 is 35.9 Å². The van der Waals surface area contributed by atoms with Gasteiger partial charge in [-0.05, 0) is 25.7 Å². The first-order valence-electron chi connectivity index (χ1n) is 11.2. The van der Waals surface area contributed by atoms with Crippen LogP contribution in [0.15, 0.2) is 12.2 Å². The lowest BCUT2D eigenvalue weighted by Gasteiger charge is -2.21. The van der Waals surface area contributed by atoms with Crippen molar-refractivity contribution in [3.05, 3.63) is 12.2 Å². The Balaban J connectivity index is 1.57. The lowest BCUT2D eigenvalue weighted by Crippen LogP contribution is -2.37. The van der Waals surface area contributed by atoms with Gasteiger partial charge in [0.1, 0.15) is 13.2 Å². The summed E-state index contributed by atoms with van der Waals surface area (Å²) >= 11 is 0. The maximum absolute atomic E-state index is 12.2. The second kappa shape index (κ2) is 13.3. The summed E-state index contributed by atoms with van der Waals surface area (Å²) in [5, 5.41) is -0.789. The van der Waals surface area contributed by atoms with Gasteiger partial charge in [0.05, 0.1) is 10.5 Å². The molecule has 0 radical (unpaired) electrons. The number of ether oxygens (including phenoxy) is 2. The van der Waals surface area contributed by atoms with E-state index in [9.17, 15) is 26.4 Å². The number of rotatable bonds is 12. The molecule has 0 saturated heterocycles. The highest BCUT2D eigenvalue weighted by Crippen LogP contribution is 2.23. The number of carbonyl (C=O) groups is 2. The van der Waals surface area contributed by atoms with Crippen LogP contribution in [-0.4, -0.2) is 65.6 Å². The van der Waals surface area contributed by atoms with E-state index in [2.05, 4.69) is 9.44 Å². The third kappa shape index (κ3) is 9.55. The molecule has 0 spiro atoms. The molecule has 0 aromatic rings. The van der Waals surface area contributed by atoms with Gasteiger partial charge in [-0.3, -0.25) is 0 Å². The van der Waals surface area contributed by atoms with Gasteiger partial charge in [0.25, 0.3) is 0 Å². The van der Waals surface area contributed by atoms with Gasteiger partial charge in [-0.1, -0.05) is 38.5 Å². The Morgan fingerprint density at radius 1 is 0.656 bits per heavy atom. The predicted molar refractivity (Wildman–Crippen MR) is 119 cm³/mol. The van der Waals surface area contributed by atoms with Gasteiger partial charge in [-0.15, -0.1) is 0 Å². The minimum absolute atomic E-state index is 0.0377. The largest absolute Gasteiger partial charge is 0.461 e. The molecule has 0 aliphatic heterocycles. The number of hydrogen-bond donors (Lipinski definition) is 2. The molecule has 0 unspecified atom stereocenters. The molecule has 0 aromatic carbocycles. The fourth-order valence-electron chi connectivity index (χ4n) is 3.89. The van der Waals surface area contributed by atoms with E-state index >= 15 is 0 Å². The molecule has 2 aliphatic carbocycles. The summed E-state index contributed by atoms with van der Waals surface area (Å²) in [7, 11) is -6.84. The fourth-order valence-corrected chi connectivity index (χ4v) is 7.00.